The molecule has 0 saturated carbocycles. The number of anilines is 1. The number of ether oxygens (including phenoxy) is 2. The molecule has 4 heteroatoms. The Morgan fingerprint density at radius 3 is 2.78 bits per heavy atom. The Kier molecular flexibility index (Phi) is 3.99. The van der Waals surface area contributed by atoms with Gasteiger partial charge in [0.2, 0.25) is 0 Å². The zero-order chi connectivity index (χ0) is 13.0. The molecule has 1 aromatic carbocycles. The summed E-state index contributed by atoms with van der Waals surface area (Å²) in [5, 5.41) is 5.41. The Morgan fingerprint density at radius 2 is 2.06 bits per heavy atom. The van der Waals surface area contributed by atoms with Crippen LogP contribution in [0.1, 0.15) is 6.92 Å². The first-order valence-corrected chi connectivity index (χ1v) is 5.94. The second-order valence-corrected chi connectivity index (χ2v) is 4.14. The standard InChI is InChI=1S/C14H18N2O2/c1-10(17-2)9-16-14-12-5-4-6-13(18-3)11(12)7-8-15-14/h4-8,10H,9H2,1-3H3,(H,15,16). The van der Waals surface area contributed by atoms with Gasteiger partial charge in [-0.1, -0.05) is 12.1 Å². The third kappa shape index (κ3) is 2.54. The number of aromatic nitrogens is 1. The average Bonchev–Trinajstić information content (AvgIpc) is 2.43. The molecule has 1 atom stereocenters. The molecule has 0 radical (unpaired) electrons. The average molecular weight is 246 g/mol. The minimum Gasteiger partial charge on any atom is -0.496 e. The number of pyridine rings is 1. The van der Waals surface area contributed by atoms with E-state index in [0.29, 0.717) is 0 Å². The van der Waals surface area contributed by atoms with Crippen LogP contribution in [0.5, 0.6) is 5.75 Å². The highest BCUT2D eigenvalue weighted by Crippen LogP contribution is 2.28. The van der Waals surface area contributed by atoms with Crippen molar-refractivity contribution in [3.63, 3.8) is 0 Å². The number of hydrogen-bond donors (Lipinski definition) is 1. The van der Waals surface area contributed by atoms with E-state index in [1.165, 1.54) is 0 Å². The molecule has 1 aromatic heterocycles. The molecular weight excluding hydrogens is 228 g/mol. The van der Waals surface area contributed by atoms with Crippen molar-refractivity contribution < 1.29 is 9.47 Å². The van der Waals surface area contributed by atoms with Crippen molar-refractivity contribution in [2.75, 3.05) is 26.1 Å². The lowest BCUT2D eigenvalue weighted by Crippen LogP contribution is -2.18. The van der Waals surface area contributed by atoms with Gasteiger partial charge in [0.05, 0.1) is 13.2 Å². The quantitative estimate of drug-likeness (QED) is 0.881. The third-order valence-electron chi connectivity index (χ3n) is 2.95. The summed E-state index contributed by atoms with van der Waals surface area (Å²) in [5.74, 6) is 1.72. The predicted molar refractivity (Wildman–Crippen MR) is 73.3 cm³/mol. The van der Waals surface area contributed by atoms with Gasteiger partial charge in [-0.2, -0.15) is 0 Å². The Bertz CT molecular complexity index is 528. The number of nitrogens with zero attached hydrogens (tertiary/aromatic N) is 1. The monoisotopic (exact) mass is 246 g/mol. The summed E-state index contributed by atoms with van der Waals surface area (Å²) >= 11 is 0. The molecule has 1 heterocycles. The van der Waals surface area contributed by atoms with Crippen LogP contribution < -0.4 is 10.1 Å². The Hall–Kier alpha value is -1.81. The molecule has 1 N–H and O–H groups in total. The van der Waals surface area contributed by atoms with Crippen LogP contribution in [-0.2, 0) is 4.74 Å². The van der Waals surface area contributed by atoms with Crippen LogP contribution in [0.2, 0.25) is 0 Å². The van der Waals surface area contributed by atoms with Crippen LogP contribution in [0.25, 0.3) is 10.8 Å². The van der Waals surface area contributed by atoms with Gasteiger partial charge in [0.15, 0.2) is 0 Å². The third-order valence-corrected chi connectivity index (χ3v) is 2.95. The van der Waals surface area contributed by atoms with Gasteiger partial charge < -0.3 is 14.8 Å². The highest BCUT2D eigenvalue weighted by Gasteiger charge is 2.07. The van der Waals surface area contributed by atoms with Gasteiger partial charge in [0.25, 0.3) is 0 Å². The molecule has 18 heavy (non-hydrogen) atoms. The lowest BCUT2D eigenvalue weighted by Gasteiger charge is -2.13. The SMILES string of the molecule is COc1cccc2c(NCC(C)OC)nccc12. The number of nitrogens with one attached hydrogen (secondary N) is 1. The number of rotatable bonds is 5. The zero-order valence-electron chi connectivity index (χ0n) is 10.9. The van der Waals surface area contributed by atoms with Crippen molar-refractivity contribution in [1.29, 1.82) is 0 Å². The fourth-order valence-corrected chi connectivity index (χ4v) is 1.82. The summed E-state index contributed by atoms with van der Waals surface area (Å²) in [6, 6.07) is 7.90. The van der Waals surface area contributed by atoms with E-state index in [4.69, 9.17) is 9.47 Å². The van der Waals surface area contributed by atoms with Crippen LogP contribution in [0.15, 0.2) is 30.5 Å². The smallest absolute Gasteiger partial charge is 0.134 e. The van der Waals surface area contributed by atoms with E-state index in [2.05, 4.69) is 10.3 Å². The summed E-state index contributed by atoms with van der Waals surface area (Å²) in [7, 11) is 3.38. The van der Waals surface area contributed by atoms with Crippen molar-refractivity contribution in [2.45, 2.75) is 13.0 Å². The molecule has 0 aliphatic carbocycles. The van der Waals surface area contributed by atoms with Gasteiger partial charge in [0, 0.05) is 30.6 Å². The molecule has 0 saturated heterocycles. The molecule has 0 fully saturated rings. The highest BCUT2D eigenvalue weighted by molar-refractivity contribution is 5.95. The van der Waals surface area contributed by atoms with Crippen molar-refractivity contribution in [2.24, 2.45) is 0 Å². The Morgan fingerprint density at radius 1 is 1.22 bits per heavy atom. The van der Waals surface area contributed by atoms with Gasteiger partial charge in [-0.25, -0.2) is 4.98 Å². The normalized spacial score (nSPS) is 12.4. The molecule has 1 unspecified atom stereocenters. The molecule has 0 aliphatic rings. The summed E-state index contributed by atoms with van der Waals surface area (Å²) in [6.07, 6.45) is 1.93. The molecule has 0 spiro atoms. The number of hydrogen-bond acceptors (Lipinski definition) is 4. The minimum absolute atomic E-state index is 0.146. The molecular formula is C14H18N2O2. The maximum absolute atomic E-state index is 5.35. The summed E-state index contributed by atoms with van der Waals surface area (Å²) in [4.78, 5) is 4.37. The van der Waals surface area contributed by atoms with Gasteiger partial charge >= 0.3 is 0 Å². The molecule has 0 bridgehead atoms. The van der Waals surface area contributed by atoms with Crippen LogP contribution in [-0.4, -0.2) is 31.9 Å². The van der Waals surface area contributed by atoms with Crippen LogP contribution >= 0.6 is 0 Å². The van der Waals surface area contributed by atoms with Gasteiger partial charge in [-0.15, -0.1) is 0 Å². The fraction of sp³-hybridized carbons (Fsp3) is 0.357. The van der Waals surface area contributed by atoms with E-state index in [-0.39, 0.29) is 6.10 Å². The molecule has 0 amide bonds. The molecule has 96 valence electrons. The Labute approximate surface area is 107 Å². The number of methoxy groups -OCH3 is 2. The maximum atomic E-state index is 5.35. The summed E-state index contributed by atoms with van der Waals surface area (Å²) in [5.41, 5.74) is 0. The first-order chi connectivity index (χ1) is 8.76. The largest absolute Gasteiger partial charge is 0.496 e. The number of fused-ring (bicyclic) bond motifs is 1. The molecule has 4 nitrogen and oxygen atoms in total. The van der Waals surface area contributed by atoms with Crippen molar-refractivity contribution in [3.8, 4) is 5.75 Å². The highest BCUT2D eigenvalue weighted by atomic mass is 16.5. The lowest BCUT2D eigenvalue weighted by atomic mass is 10.1. The summed E-state index contributed by atoms with van der Waals surface area (Å²) in [6.45, 7) is 2.73. The van der Waals surface area contributed by atoms with Gasteiger partial charge in [0.1, 0.15) is 11.6 Å². The van der Waals surface area contributed by atoms with Gasteiger partial charge in [-0.05, 0) is 19.1 Å². The van der Waals surface area contributed by atoms with E-state index in [9.17, 15) is 0 Å². The second-order valence-electron chi connectivity index (χ2n) is 4.14. The van der Waals surface area contributed by atoms with E-state index in [1.54, 1.807) is 20.4 Å². The van der Waals surface area contributed by atoms with Gasteiger partial charge in [-0.3, -0.25) is 0 Å². The Balaban J connectivity index is 2.34. The molecule has 0 aliphatic heterocycles. The lowest BCUT2D eigenvalue weighted by molar-refractivity contribution is 0.128. The van der Waals surface area contributed by atoms with Crippen LogP contribution in [0, 0.1) is 0 Å². The fourth-order valence-electron chi connectivity index (χ4n) is 1.82. The van der Waals surface area contributed by atoms with E-state index in [1.807, 2.05) is 31.2 Å². The van der Waals surface area contributed by atoms with Crippen LogP contribution in [0.4, 0.5) is 5.82 Å². The second kappa shape index (κ2) is 5.69. The van der Waals surface area contributed by atoms with Crippen LogP contribution in [0.3, 0.4) is 0 Å². The van der Waals surface area contributed by atoms with Crippen molar-refractivity contribution >= 4 is 16.6 Å². The van der Waals surface area contributed by atoms with Crippen molar-refractivity contribution in [3.05, 3.63) is 30.5 Å². The molecule has 2 aromatic rings. The zero-order valence-corrected chi connectivity index (χ0v) is 10.9. The first kappa shape index (κ1) is 12.6. The van der Waals surface area contributed by atoms with Crippen molar-refractivity contribution in [1.82, 2.24) is 4.98 Å². The van der Waals surface area contributed by atoms with E-state index < -0.39 is 0 Å². The first-order valence-electron chi connectivity index (χ1n) is 5.94. The maximum Gasteiger partial charge on any atom is 0.134 e. The number of benzene rings is 1. The summed E-state index contributed by atoms with van der Waals surface area (Å²) < 4.78 is 10.6. The van der Waals surface area contributed by atoms with E-state index >= 15 is 0 Å². The molecule has 2 rings (SSSR count). The predicted octanol–water partition coefficient (Wildman–Crippen LogP) is 2.69. The minimum atomic E-state index is 0.146. The topological polar surface area (TPSA) is 43.4 Å². The van der Waals surface area contributed by atoms with E-state index in [0.717, 1.165) is 28.9 Å².